The summed E-state index contributed by atoms with van der Waals surface area (Å²) < 4.78 is 12.3. The van der Waals surface area contributed by atoms with Crippen molar-refractivity contribution in [3.63, 3.8) is 0 Å². The fourth-order valence-corrected chi connectivity index (χ4v) is 2.34. The largest absolute Gasteiger partial charge is 0.480 e. The van der Waals surface area contributed by atoms with Gasteiger partial charge in [0.2, 0.25) is 0 Å². The Kier molecular flexibility index (Phi) is 6.48. The molecule has 0 amide bonds. The fraction of sp³-hybridized carbons (Fsp3) is 0.263. The number of benzene rings is 2. The third-order valence-electron chi connectivity index (χ3n) is 3.53. The number of alkyl halides is 1. The monoisotopic (exact) mass is 313 g/mol. The van der Waals surface area contributed by atoms with Crippen molar-refractivity contribution in [3.05, 3.63) is 71.8 Å². The standard InChI is InChI=1S/C19H20FNO2/c20-14-8-7-13-17(19(22)23)21-18(15-9-3-1-4-10-15)16-11-5-2-6-12-16/h1-6,9-12,17H,7-8,13-14H2,(H,22,23). The quantitative estimate of drug-likeness (QED) is 0.589. The Morgan fingerprint density at radius 3 is 1.91 bits per heavy atom. The van der Waals surface area contributed by atoms with Gasteiger partial charge in [0.15, 0.2) is 0 Å². The number of hydrogen-bond acceptors (Lipinski definition) is 2. The number of aliphatic imine (C=N–C) groups is 1. The number of carboxylic acid groups (broad SMARTS) is 1. The molecule has 0 saturated carbocycles. The number of carboxylic acids is 1. The topological polar surface area (TPSA) is 49.7 Å². The summed E-state index contributed by atoms with van der Waals surface area (Å²) in [5, 5.41) is 9.41. The van der Waals surface area contributed by atoms with Crippen LogP contribution in [0.25, 0.3) is 0 Å². The van der Waals surface area contributed by atoms with E-state index in [4.69, 9.17) is 0 Å². The Bertz CT molecular complexity index is 599. The van der Waals surface area contributed by atoms with E-state index in [-0.39, 0.29) is 0 Å². The summed E-state index contributed by atoms with van der Waals surface area (Å²) in [5.74, 6) is -0.978. The Morgan fingerprint density at radius 1 is 0.957 bits per heavy atom. The van der Waals surface area contributed by atoms with Crippen LogP contribution >= 0.6 is 0 Å². The minimum atomic E-state index is -0.978. The van der Waals surface area contributed by atoms with Gasteiger partial charge in [-0.1, -0.05) is 60.7 Å². The Balaban J connectivity index is 2.37. The van der Waals surface area contributed by atoms with E-state index in [1.54, 1.807) is 0 Å². The molecule has 3 nitrogen and oxygen atoms in total. The fourth-order valence-electron chi connectivity index (χ4n) is 2.34. The highest BCUT2D eigenvalue weighted by Crippen LogP contribution is 2.15. The van der Waals surface area contributed by atoms with E-state index in [0.29, 0.717) is 25.0 Å². The van der Waals surface area contributed by atoms with Crippen LogP contribution in [0.1, 0.15) is 30.4 Å². The third-order valence-corrected chi connectivity index (χ3v) is 3.53. The SMILES string of the molecule is O=C(O)C(CCCCF)N=C(c1ccccc1)c1ccccc1. The van der Waals surface area contributed by atoms with Crippen molar-refractivity contribution >= 4 is 11.7 Å². The van der Waals surface area contributed by atoms with Crippen molar-refractivity contribution in [2.45, 2.75) is 25.3 Å². The highest BCUT2D eigenvalue weighted by Gasteiger charge is 2.18. The second kappa shape index (κ2) is 8.83. The molecule has 0 aliphatic carbocycles. The highest BCUT2D eigenvalue weighted by molar-refractivity contribution is 6.13. The number of aliphatic carboxylic acids is 1. The summed E-state index contributed by atoms with van der Waals surface area (Å²) >= 11 is 0. The molecule has 0 saturated heterocycles. The zero-order valence-electron chi connectivity index (χ0n) is 12.9. The van der Waals surface area contributed by atoms with Gasteiger partial charge in [0, 0.05) is 11.1 Å². The van der Waals surface area contributed by atoms with E-state index in [9.17, 15) is 14.3 Å². The molecule has 0 fully saturated rings. The first-order valence-electron chi connectivity index (χ1n) is 7.70. The van der Waals surface area contributed by atoms with Crippen molar-refractivity contribution in [1.29, 1.82) is 0 Å². The summed E-state index contributed by atoms with van der Waals surface area (Å²) in [6.45, 7) is -0.430. The van der Waals surface area contributed by atoms with Crippen molar-refractivity contribution in [3.8, 4) is 0 Å². The molecule has 1 unspecified atom stereocenters. The van der Waals surface area contributed by atoms with Crippen LogP contribution in [0.4, 0.5) is 4.39 Å². The van der Waals surface area contributed by atoms with Crippen molar-refractivity contribution in [1.82, 2.24) is 0 Å². The zero-order chi connectivity index (χ0) is 16.5. The first-order valence-corrected chi connectivity index (χ1v) is 7.70. The molecule has 0 radical (unpaired) electrons. The Morgan fingerprint density at radius 2 is 1.48 bits per heavy atom. The van der Waals surface area contributed by atoms with Gasteiger partial charge in [0.05, 0.1) is 12.4 Å². The molecule has 0 heterocycles. The molecule has 1 atom stereocenters. The zero-order valence-corrected chi connectivity index (χ0v) is 12.9. The maximum atomic E-state index is 12.3. The van der Waals surface area contributed by atoms with Gasteiger partial charge in [-0.15, -0.1) is 0 Å². The summed E-state index contributed by atoms with van der Waals surface area (Å²) in [6, 6.07) is 18.2. The van der Waals surface area contributed by atoms with Crippen molar-refractivity contribution < 1.29 is 14.3 Å². The van der Waals surface area contributed by atoms with Gasteiger partial charge in [-0.2, -0.15) is 0 Å². The summed E-state index contributed by atoms with van der Waals surface area (Å²) in [7, 11) is 0. The molecular formula is C19H20FNO2. The molecule has 23 heavy (non-hydrogen) atoms. The second-order valence-electron chi connectivity index (χ2n) is 5.25. The number of hydrogen-bond donors (Lipinski definition) is 1. The number of carbonyl (C=O) groups is 1. The van der Waals surface area contributed by atoms with Crippen LogP contribution in [-0.2, 0) is 4.79 Å². The molecule has 0 aromatic heterocycles. The van der Waals surface area contributed by atoms with Gasteiger partial charge >= 0.3 is 5.97 Å². The first kappa shape index (κ1) is 16.9. The first-order chi connectivity index (χ1) is 11.2. The Hall–Kier alpha value is -2.49. The van der Waals surface area contributed by atoms with Crippen LogP contribution in [0.5, 0.6) is 0 Å². The molecular weight excluding hydrogens is 293 g/mol. The summed E-state index contributed by atoms with van der Waals surface area (Å²) in [6.07, 6.45) is 1.21. The minimum Gasteiger partial charge on any atom is -0.480 e. The predicted molar refractivity (Wildman–Crippen MR) is 89.8 cm³/mol. The molecule has 2 aromatic rings. The van der Waals surface area contributed by atoms with Crippen LogP contribution in [-0.4, -0.2) is 29.5 Å². The Labute approximate surface area is 135 Å². The van der Waals surface area contributed by atoms with E-state index in [1.165, 1.54) is 0 Å². The summed E-state index contributed by atoms with van der Waals surface area (Å²) in [5.41, 5.74) is 2.39. The van der Waals surface area contributed by atoms with Gasteiger partial charge in [0.25, 0.3) is 0 Å². The van der Waals surface area contributed by atoms with Crippen LogP contribution < -0.4 is 0 Å². The van der Waals surface area contributed by atoms with Gasteiger partial charge in [-0.05, 0) is 19.3 Å². The molecule has 0 bridgehead atoms. The van der Waals surface area contributed by atoms with E-state index in [1.807, 2.05) is 60.7 Å². The maximum absolute atomic E-state index is 12.3. The predicted octanol–water partition coefficient (Wildman–Crippen LogP) is 4.12. The van der Waals surface area contributed by atoms with E-state index >= 15 is 0 Å². The van der Waals surface area contributed by atoms with Gasteiger partial charge < -0.3 is 5.11 Å². The van der Waals surface area contributed by atoms with E-state index in [0.717, 1.165) is 11.1 Å². The molecule has 0 spiro atoms. The second-order valence-corrected chi connectivity index (χ2v) is 5.25. The number of unbranched alkanes of at least 4 members (excludes halogenated alkanes) is 1. The number of nitrogens with zero attached hydrogens (tertiary/aromatic N) is 1. The molecule has 120 valence electrons. The average Bonchev–Trinajstić information content (AvgIpc) is 2.59. The molecule has 2 aromatic carbocycles. The van der Waals surface area contributed by atoms with Gasteiger partial charge in [-0.25, -0.2) is 4.79 Å². The lowest BCUT2D eigenvalue weighted by molar-refractivity contribution is -0.138. The van der Waals surface area contributed by atoms with Gasteiger partial charge in [-0.3, -0.25) is 9.38 Å². The number of halogens is 1. The highest BCUT2D eigenvalue weighted by atomic mass is 19.1. The lowest BCUT2D eigenvalue weighted by atomic mass is 10.0. The average molecular weight is 313 g/mol. The molecule has 1 N–H and O–H groups in total. The summed E-state index contributed by atoms with van der Waals surface area (Å²) in [4.78, 5) is 16.0. The van der Waals surface area contributed by atoms with E-state index < -0.39 is 18.7 Å². The number of rotatable bonds is 8. The normalized spacial score (nSPS) is 11.7. The lowest BCUT2D eigenvalue weighted by Gasteiger charge is -2.12. The smallest absolute Gasteiger partial charge is 0.328 e. The van der Waals surface area contributed by atoms with Crippen LogP contribution in [0, 0.1) is 0 Å². The molecule has 4 heteroatoms. The molecule has 2 rings (SSSR count). The maximum Gasteiger partial charge on any atom is 0.328 e. The van der Waals surface area contributed by atoms with Crippen molar-refractivity contribution in [2.75, 3.05) is 6.67 Å². The van der Waals surface area contributed by atoms with Crippen molar-refractivity contribution in [2.24, 2.45) is 4.99 Å². The minimum absolute atomic E-state index is 0.336. The third kappa shape index (κ3) is 5.02. The molecule has 0 aliphatic rings. The molecule has 0 aliphatic heterocycles. The van der Waals surface area contributed by atoms with Gasteiger partial charge in [0.1, 0.15) is 6.04 Å². The lowest BCUT2D eigenvalue weighted by Crippen LogP contribution is -2.21. The van der Waals surface area contributed by atoms with Crippen LogP contribution in [0.3, 0.4) is 0 Å². The van der Waals surface area contributed by atoms with E-state index in [2.05, 4.69) is 4.99 Å². The van der Waals surface area contributed by atoms with Crippen LogP contribution in [0.15, 0.2) is 65.7 Å². The van der Waals surface area contributed by atoms with Crippen LogP contribution in [0.2, 0.25) is 0 Å².